The predicted octanol–water partition coefficient (Wildman–Crippen LogP) is 2.84. The zero-order valence-electron chi connectivity index (χ0n) is 17.4. The molecule has 2 aliphatic rings. The van der Waals surface area contributed by atoms with E-state index in [4.69, 9.17) is 10.5 Å². The molecule has 1 amide bonds. The molecule has 32 heavy (non-hydrogen) atoms. The van der Waals surface area contributed by atoms with Gasteiger partial charge in [-0.25, -0.2) is 0 Å². The van der Waals surface area contributed by atoms with Crippen molar-refractivity contribution in [3.63, 3.8) is 0 Å². The summed E-state index contributed by atoms with van der Waals surface area (Å²) < 4.78 is 48.4. The Morgan fingerprint density at radius 2 is 2.03 bits per heavy atom. The number of hydrogen-bond donors (Lipinski definition) is 2. The highest BCUT2D eigenvalue weighted by Gasteiger charge is 2.44. The number of rotatable bonds is 5. The summed E-state index contributed by atoms with van der Waals surface area (Å²) in [6, 6.07) is 0.246. The summed E-state index contributed by atoms with van der Waals surface area (Å²) in [5.74, 6) is -0.746. The first kappa shape index (κ1) is 22.1. The van der Waals surface area contributed by atoms with Crippen LogP contribution in [-0.2, 0) is 4.79 Å². The van der Waals surface area contributed by atoms with Crippen LogP contribution in [0.4, 0.5) is 18.9 Å². The number of aliphatic hydroxyl groups is 1. The third-order valence-electron chi connectivity index (χ3n) is 6.03. The van der Waals surface area contributed by atoms with Crippen LogP contribution in [-0.4, -0.2) is 51.7 Å². The topological polar surface area (TPSA) is 106 Å². The number of nitrogens with two attached hydrogens (primary N) is 1. The molecule has 2 aromatic heterocycles. The van der Waals surface area contributed by atoms with Crippen molar-refractivity contribution in [1.82, 2.24) is 14.8 Å². The second-order valence-corrected chi connectivity index (χ2v) is 8.05. The average Bonchev–Trinajstić information content (AvgIpc) is 3.20. The third-order valence-corrected chi connectivity index (χ3v) is 6.03. The molecule has 0 spiro atoms. The van der Waals surface area contributed by atoms with E-state index in [9.17, 15) is 23.1 Å². The van der Waals surface area contributed by atoms with Gasteiger partial charge in [-0.3, -0.25) is 9.48 Å². The third kappa shape index (κ3) is 4.04. The minimum absolute atomic E-state index is 0.0275. The lowest BCUT2D eigenvalue weighted by Crippen LogP contribution is -2.47. The van der Waals surface area contributed by atoms with Gasteiger partial charge in [-0.2, -0.15) is 23.3 Å². The van der Waals surface area contributed by atoms with E-state index < -0.39 is 23.8 Å². The molecule has 172 valence electrons. The number of amides is 1. The maximum Gasteiger partial charge on any atom is 0.431 e. The van der Waals surface area contributed by atoms with E-state index in [0.29, 0.717) is 11.0 Å². The number of carbonyl (C=O) groups excluding carboxylic acids is 1. The molecule has 0 aromatic carbocycles. The Hall–Kier alpha value is -3.08. The number of fused-ring (bicyclic) bond motifs is 1. The number of ether oxygens (including phenoxy) is 1. The molecular weight excluding hydrogens is 427 g/mol. The van der Waals surface area contributed by atoms with E-state index in [0.717, 1.165) is 42.7 Å². The fourth-order valence-electron chi connectivity index (χ4n) is 4.35. The number of aliphatic hydroxyl groups excluding tert-OH is 1. The highest BCUT2D eigenvalue weighted by Crippen LogP contribution is 2.41. The van der Waals surface area contributed by atoms with Crippen molar-refractivity contribution in [1.29, 1.82) is 0 Å². The van der Waals surface area contributed by atoms with Crippen LogP contribution in [0.2, 0.25) is 0 Å². The number of allylic oxidation sites excluding steroid dienone is 3. The number of nitrogens with zero attached hydrogens (tertiary/aromatic N) is 4. The first-order valence-electron chi connectivity index (χ1n) is 10.3. The van der Waals surface area contributed by atoms with Gasteiger partial charge >= 0.3 is 6.18 Å². The van der Waals surface area contributed by atoms with Gasteiger partial charge in [0, 0.05) is 18.2 Å². The standard InChI is InChI=1S/C21H24F3N5O3/c1-32-20-16(29-15(18(25)31)3-2-4-17(29)21(22,23)24)9-13-10-28(27-19(13)26-20)14-7-5-12(11-30)6-8-14/h2-4,9-10,12,14-15,30H,5-8,11H2,1H3,(H2,25,31). The van der Waals surface area contributed by atoms with Gasteiger partial charge in [0.1, 0.15) is 17.4 Å². The van der Waals surface area contributed by atoms with E-state index in [-0.39, 0.29) is 30.1 Å². The van der Waals surface area contributed by atoms with E-state index in [1.807, 2.05) is 0 Å². The van der Waals surface area contributed by atoms with E-state index in [1.54, 1.807) is 10.9 Å². The first-order chi connectivity index (χ1) is 15.2. The molecule has 1 unspecified atom stereocenters. The fourth-order valence-corrected chi connectivity index (χ4v) is 4.35. The number of anilines is 1. The van der Waals surface area contributed by atoms with Crippen molar-refractivity contribution in [3.8, 4) is 5.88 Å². The molecule has 3 heterocycles. The highest BCUT2D eigenvalue weighted by molar-refractivity contribution is 5.90. The smallest absolute Gasteiger partial charge is 0.431 e. The minimum Gasteiger partial charge on any atom is -0.479 e. The van der Waals surface area contributed by atoms with E-state index in [2.05, 4.69) is 10.1 Å². The molecular formula is C21H24F3N5O3. The van der Waals surface area contributed by atoms with Crippen LogP contribution < -0.4 is 15.4 Å². The minimum atomic E-state index is -4.73. The van der Waals surface area contributed by atoms with Crippen molar-refractivity contribution in [2.24, 2.45) is 11.7 Å². The van der Waals surface area contributed by atoms with Crippen molar-refractivity contribution < 1.29 is 27.8 Å². The molecule has 2 aromatic rings. The van der Waals surface area contributed by atoms with Crippen LogP contribution in [0, 0.1) is 5.92 Å². The summed E-state index contributed by atoms with van der Waals surface area (Å²) in [7, 11) is 1.29. The Kier molecular flexibility index (Phi) is 5.85. The maximum absolute atomic E-state index is 13.8. The number of methoxy groups -OCH3 is 1. The van der Waals surface area contributed by atoms with Gasteiger partial charge in [0.05, 0.1) is 13.2 Å². The van der Waals surface area contributed by atoms with Gasteiger partial charge in [0.25, 0.3) is 0 Å². The normalized spacial score (nSPS) is 24.0. The molecule has 8 nitrogen and oxygen atoms in total. The lowest BCUT2D eigenvalue weighted by atomic mass is 9.87. The number of pyridine rings is 1. The molecule has 1 fully saturated rings. The second kappa shape index (κ2) is 8.45. The summed E-state index contributed by atoms with van der Waals surface area (Å²) in [6.45, 7) is 0.163. The zero-order valence-corrected chi connectivity index (χ0v) is 17.4. The molecule has 1 saturated carbocycles. The largest absolute Gasteiger partial charge is 0.479 e. The SMILES string of the molecule is COc1nc2nn(C3CCC(CO)CC3)cc2cc1N1C(C(F)(F)F)=CC=CC1C(N)=O. The summed E-state index contributed by atoms with van der Waals surface area (Å²) in [6.07, 6.45) is 3.78. The molecule has 0 radical (unpaired) electrons. The lowest BCUT2D eigenvalue weighted by Gasteiger charge is -2.35. The molecule has 11 heteroatoms. The van der Waals surface area contributed by atoms with Gasteiger partial charge in [-0.05, 0) is 43.7 Å². The van der Waals surface area contributed by atoms with Crippen LogP contribution >= 0.6 is 0 Å². The van der Waals surface area contributed by atoms with Crippen LogP contribution in [0.15, 0.2) is 36.2 Å². The van der Waals surface area contributed by atoms with E-state index in [1.165, 1.54) is 19.3 Å². The highest BCUT2D eigenvalue weighted by atomic mass is 19.4. The molecule has 1 aliphatic carbocycles. The predicted molar refractivity (Wildman–Crippen MR) is 111 cm³/mol. The number of alkyl halides is 3. The number of hydrogen-bond acceptors (Lipinski definition) is 6. The zero-order chi connectivity index (χ0) is 23.0. The van der Waals surface area contributed by atoms with Crippen LogP contribution in [0.5, 0.6) is 5.88 Å². The Morgan fingerprint density at radius 3 is 2.62 bits per heavy atom. The molecule has 1 aliphatic heterocycles. The first-order valence-corrected chi connectivity index (χ1v) is 10.3. The molecule has 0 saturated heterocycles. The Labute approximate surface area is 182 Å². The number of aromatic nitrogens is 3. The average molecular weight is 451 g/mol. The molecule has 0 bridgehead atoms. The van der Waals surface area contributed by atoms with Crippen LogP contribution in [0.25, 0.3) is 11.0 Å². The summed E-state index contributed by atoms with van der Waals surface area (Å²) >= 11 is 0. The van der Waals surface area contributed by atoms with Gasteiger partial charge in [0.15, 0.2) is 5.65 Å². The molecule has 3 N–H and O–H groups in total. The Bertz CT molecular complexity index is 1070. The van der Waals surface area contributed by atoms with Crippen molar-refractivity contribution in [3.05, 3.63) is 36.2 Å². The summed E-state index contributed by atoms with van der Waals surface area (Å²) in [5, 5.41) is 14.4. The number of carbonyl (C=O) groups is 1. The van der Waals surface area contributed by atoms with Crippen molar-refractivity contribution in [2.75, 3.05) is 18.6 Å². The van der Waals surface area contributed by atoms with Gasteiger partial charge in [-0.1, -0.05) is 12.2 Å². The Balaban J connectivity index is 1.77. The number of primary amides is 1. The van der Waals surface area contributed by atoms with Gasteiger partial charge < -0.3 is 20.5 Å². The monoisotopic (exact) mass is 451 g/mol. The lowest BCUT2D eigenvalue weighted by molar-refractivity contribution is -0.119. The van der Waals surface area contributed by atoms with E-state index >= 15 is 0 Å². The Morgan fingerprint density at radius 1 is 1.31 bits per heavy atom. The molecule has 1 atom stereocenters. The van der Waals surface area contributed by atoms with Crippen molar-refractivity contribution >= 4 is 22.6 Å². The quantitative estimate of drug-likeness (QED) is 0.724. The fraction of sp³-hybridized carbons (Fsp3) is 0.476. The van der Waals surface area contributed by atoms with Crippen molar-refractivity contribution in [2.45, 2.75) is 43.9 Å². The van der Waals surface area contributed by atoms with Gasteiger partial charge in [-0.15, -0.1) is 0 Å². The second-order valence-electron chi connectivity index (χ2n) is 8.05. The van der Waals surface area contributed by atoms with Crippen LogP contribution in [0.1, 0.15) is 31.7 Å². The number of halogens is 3. The molecule has 4 rings (SSSR count). The summed E-state index contributed by atoms with van der Waals surface area (Å²) in [4.78, 5) is 17.1. The summed E-state index contributed by atoms with van der Waals surface area (Å²) in [5.41, 5.74) is 4.67. The maximum atomic E-state index is 13.8. The van der Waals surface area contributed by atoms with Gasteiger partial charge in [0.2, 0.25) is 11.8 Å². The van der Waals surface area contributed by atoms with Crippen LogP contribution in [0.3, 0.4) is 0 Å².